The molecular formula is C19H28N4. The van der Waals surface area contributed by atoms with Crippen molar-refractivity contribution in [2.24, 2.45) is 13.0 Å². The van der Waals surface area contributed by atoms with E-state index in [9.17, 15) is 0 Å². The van der Waals surface area contributed by atoms with Gasteiger partial charge in [0.05, 0.1) is 0 Å². The fraction of sp³-hybridized carbons (Fsp3) is 0.526. The van der Waals surface area contributed by atoms with Gasteiger partial charge in [-0.3, -0.25) is 9.58 Å². The molecule has 1 aliphatic heterocycles. The zero-order valence-electron chi connectivity index (χ0n) is 14.4. The van der Waals surface area contributed by atoms with Crippen LogP contribution in [0.25, 0.3) is 0 Å². The summed E-state index contributed by atoms with van der Waals surface area (Å²) in [5.74, 6) is 0.801. The van der Waals surface area contributed by atoms with Crippen LogP contribution in [0.15, 0.2) is 42.6 Å². The summed E-state index contributed by atoms with van der Waals surface area (Å²) >= 11 is 0. The van der Waals surface area contributed by atoms with E-state index >= 15 is 0 Å². The molecule has 0 spiro atoms. The monoisotopic (exact) mass is 312 g/mol. The summed E-state index contributed by atoms with van der Waals surface area (Å²) in [5.41, 5.74) is 2.74. The third-order valence-electron chi connectivity index (χ3n) is 4.86. The Kier molecular flexibility index (Phi) is 5.47. The zero-order valence-corrected chi connectivity index (χ0v) is 14.4. The molecule has 0 amide bonds. The number of nitrogens with zero attached hydrogens (tertiary/aromatic N) is 4. The van der Waals surface area contributed by atoms with E-state index in [0.29, 0.717) is 0 Å². The predicted molar refractivity (Wildman–Crippen MR) is 94.2 cm³/mol. The molecule has 23 heavy (non-hydrogen) atoms. The van der Waals surface area contributed by atoms with Crippen LogP contribution < -0.4 is 0 Å². The maximum atomic E-state index is 4.24. The van der Waals surface area contributed by atoms with E-state index in [2.05, 4.69) is 58.3 Å². The highest BCUT2D eigenvalue weighted by Crippen LogP contribution is 2.19. The highest BCUT2D eigenvalue weighted by molar-refractivity contribution is 5.14. The first-order chi connectivity index (χ1) is 11.2. The first kappa shape index (κ1) is 16.2. The average Bonchev–Trinajstić information content (AvgIpc) is 3.15. The van der Waals surface area contributed by atoms with E-state index in [1.807, 2.05) is 17.9 Å². The van der Waals surface area contributed by atoms with E-state index < -0.39 is 0 Å². The van der Waals surface area contributed by atoms with Crippen LogP contribution in [0.3, 0.4) is 0 Å². The molecule has 1 aliphatic rings. The summed E-state index contributed by atoms with van der Waals surface area (Å²) in [4.78, 5) is 5.07. The lowest BCUT2D eigenvalue weighted by atomic mass is 10.1. The molecule has 1 atom stereocenters. The molecular weight excluding hydrogens is 284 g/mol. The highest BCUT2D eigenvalue weighted by atomic mass is 15.3. The molecule has 1 aromatic carbocycles. The molecule has 1 fully saturated rings. The summed E-state index contributed by atoms with van der Waals surface area (Å²) in [6.45, 7) is 5.86. The molecule has 4 heteroatoms. The third-order valence-corrected chi connectivity index (χ3v) is 4.86. The van der Waals surface area contributed by atoms with E-state index in [0.717, 1.165) is 25.4 Å². The molecule has 124 valence electrons. The van der Waals surface area contributed by atoms with E-state index in [1.165, 1.54) is 37.3 Å². The summed E-state index contributed by atoms with van der Waals surface area (Å²) in [7, 11) is 4.27. The molecule has 0 radical (unpaired) electrons. The molecule has 4 nitrogen and oxygen atoms in total. The molecule has 3 rings (SSSR count). The molecule has 1 saturated heterocycles. The number of likely N-dealkylation sites (tertiary alicyclic amines) is 1. The third kappa shape index (κ3) is 4.66. The number of benzene rings is 1. The Balaban J connectivity index is 1.40. The molecule has 0 saturated carbocycles. The second kappa shape index (κ2) is 7.75. The predicted octanol–water partition coefficient (Wildman–Crippen LogP) is 2.42. The SMILES string of the molecule is CN(CCc1ccnn1C)C[C@H]1CCN(Cc2ccccc2)C1. The molecule has 0 unspecified atom stereocenters. The highest BCUT2D eigenvalue weighted by Gasteiger charge is 2.23. The van der Waals surface area contributed by atoms with Crippen LogP contribution in [0, 0.1) is 5.92 Å². The van der Waals surface area contributed by atoms with Gasteiger partial charge in [0.2, 0.25) is 0 Å². The summed E-state index contributed by atoms with van der Waals surface area (Å²) < 4.78 is 1.98. The van der Waals surface area contributed by atoms with Gasteiger partial charge in [-0.2, -0.15) is 5.10 Å². The van der Waals surface area contributed by atoms with Crippen molar-refractivity contribution < 1.29 is 0 Å². The van der Waals surface area contributed by atoms with E-state index in [1.54, 1.807) is 0 Å². The van der Waals surface area contributed by atoms with Crippen molar-refractivity contribution in [1.82, 2.24) is 19.6 Å². The van der Waals surface area contributed by atoms with Gasteiger partial charge in [-0.05, 0) is 37.6 Å². The lowest BCUT2D eigenvalue weighted by Gasteiger charge is -2.21. The minimum Gasteiger partial charge on any atom is -0.306 e. The van der Waals surface area contributed by atoms with Crippen molar-refractivity contribution in [3.8, 4) is 0 Å². The molecule has 0 N–H and O–H groups in total. The fourth-order valence-electron chi connectivity index (χ4n) is 3.53. The van der Waals surface area contributed by atoms with Crippen molar-refractivity contribution >= 4 is 0 Å². The first-order valence-electron chi connectivity index (χ1n) is 8.62. The molecule has 2 aromatic rings. The van der Waals surface area contributed by atoms with Crippen LogP contribution in [-0.4, -0.2) is 52.8 Å². The Morgan fingerprint density at radius 2 is 2.04 bits per heavy atom. The fourth-order valence-corrected chi connectivity index (χ4v) is 3.53. The van der Waals surface area contributed by atoms with Crippen LogP contribution >= 0.6 is 0 Å². The van der Waals surface area contributed by atoms with E-state index in [-0.39, 0.29) is 0 Å². The number of aryl methyl sites for hydroxylation is 1. The number of rotatable bonds is 7. The van der Waals surface area contributed by atoms with Gasteiger partial charge in [-0.15, -0.1) is 0 Å². The topological polar surface area (TPSA) is 24.3 Å². The Labute approximate surface area is 139 Å². The zero-order chi connectivity index (χ0) is 16.1. The van der Waals surface area contributed by atoms with Crippen molar-refractivity contribution in [3.63, 3.8) is 0 Å². The Morgan fingerprint density at radius 3 is 2.78 bits per heavy atom. The quantitative estimate of drug-likeness (QED) is 0.785. The van der Waals surface area contributed by atoms with Gasteiger partial charge >= 0.3 is 0 Å². The largest absolute Gasteiger partial charge is 0.306 e. The van der Waals surface area contributed by atoms with Crippen LogP contribution in [-0.2, 0) is 20.0 Å². The van der Waals surface area contributed by atoms with Gasteiger partial charge in [0.25, 0.3) is 0 Å². The van der Waals surface area contributed by atoms with Crippen molar-refractivity contribution in [2.45, 2.75) is 19.4 Å². The Morgan fingerprint density at radius 1 is 1.22 bits per heavy atom. The molecule has 2 heterocycles. The Hall–Kier alpha value is -1.65. The van der Waals surface area contributed by atoms with Crippen LogP contribution in [0.2, 0.25) is 0 Å². The Bertz CT molecular complexity index is 592. The van der Waals surface area contributed by atoms with Crippen LogP contribution in [0.4, 0.5) is 0 Å². The standard InChI is InChI=1S/C19H28N4/c1-21(12-10-19-8-11-20-22(19)2)14-18-9-13-23(16-18)15-17-6-4-3-5-7-17/h3-8,11,18H,9-10,12-16H2,1-2H3/t18-/m1/s1. The second-order valence-electron chi connectivity index (χ2n) is 6.83. The number of likely N-dealkylation sites (N-methyl/N-ethyl adjacent to an activating group) is 1. The van der Waals surface area contributed by atoms with E-state index in [4.69, 9.17) is 0 Å². The second-order valence-corrected chi connectivity index (χ2v) is 6.83. The number of hydrogen-bond donors (Lipinski definition) is 0. The smallest absolute Gasteiger partial charge is 0.0492 e. The normalized spacial score (nSPS) is 18.8. The maximum Gasteiger partial charge on any atom is 0.0492 e. The van der Waals surface area contributed by atoms with Gasteiger partial charge in [0.1, 0.15) is 0 Å². The molecule has 0 aliphatic carbocycles. The first-order valence-corrected chi connectivity index (χ1v) is 8.62. The van der Waals surface area contributed by atoms with Crippen molar-refractivity contribution in [2.75, 3.05) is 33.2 Å². The summed E-state index contributed by atoms with van der Waals surface area (Å²) in [5, 5.41) is 4.24. The van der Waals surface area contributed by atoms with Gasteiger partial charge in [0.15, 0.2) is 0 Å². The summed E-state index contributed by atoms with van der Waals surface area (Å²) in [6.07, 6.45) is 4.28. The number of aromatic nitrogens is 2. The average molecular weight is 312 g/mol. The van der Waals surface area contributed by atoms with Crippen LogP contribution in [0.1, 0.15) is 17.7 Å². The maximum absolute atomic E-state index is 4.24. The van der Waals surface area contributed by atoms with Gasteiger partial charge in [-0.25, -0.2) is 0 Å². The minimum atomic E-state index is 0.801. The summed E-state index contributed by atoms with van der Waals surface area (Å²) in [6, 6.07) is 12.9. The van der Waals surface area contributed by atoms with Crippen molar-refractivity contribution in [1.29, 1.82) is 0 Å². The minimum absolute atomic E-state index is 0.801. The lowest BCUT2D eigenvalue weighted by Crippen LogP contribution is -2.30. The number of hydrogen-bond acceptors (Lipinski definition) is 3. The van der Waals surface area contributed by atoms with Gasteiger partial charge in [0, 0.05) is 51.5 Å². The molecule has 0 bridgehead atoms. The lowest BCUT2D eigenvalue weighted by molar-refractivity contribution is 0.261. The van der Waals surface area contributed by atoms with Gasteiger partial charge in [-0.1, -0.05) is 30.3 Å². The van der Waals surface area contributed by atoms with Gasteiger partial charge < -0.3 is 4.90 Å². The molecule has 1 aromatic heterocycles. The van der Waals surface area contributed by atoms with Crippen molar-refractivity contribution in [3.05, 3.63) is 53.9 Å². The van der Waals surface area contributed by atoms with Crippen LogP contribution in [0.5, 0.6) is 0 Å².